The first kappa shape index (κ1) is 10.9. The normalized spacial score (nSPS) is 12.6. The molecular formula is C13H15NO2. The minimum Gasteiger partial charge on any atom is -0.493 e. The molecule has 1 N–H and O–H groups in total. The number of ether oxygens (including phenoxy) is 1. The number of nitrogens with zero attached hydrogens (tertiary/aromatic N) is 1. The lowest BCUT2D eigenvalue weighted by Gasteiger charge is -2.09. The molecule has 0 spiro atoms. The number of rotatable bonds is 4. The van der Waals surface area contributed by atoms with E-state index < -0.39 is 0 Å². The van der Waals surface area contributed by atoms with E-state index in [4.69, 9.17) is 9.84 Å². The lowest BCUT2D eigenvalue weighted by molar-refractivity contribution is 0.156. The van der Waals surface area contributed by atoms with Crippen molar-refractivity contribution >= 4 is 10.9 Å². The number of aliphatic hydroxyl groups excluding tert-OH is 1. The molecule has 0 radical (unpaired) electrons. The summed E-state index contributed by atoms with van der Waals surface area (Å²) in [6.07, 6.45) is 2.08. The van der Waals surface area contributed by atoms with Crippen LogP contribution in [0, 0.1) is 0 Å². The monoisotopic (exact) mass is 217 g/mol. The van der Waals surface area contributed by atoms with Crippen molar-refractivity contribution in [3.8, 4) is 5.75 Å². The third-order valence-corrected chi connectivity index (χ3v) is 2.40. The van der Waals surface area contributed by atoms with E-state index in [1.54, 1.807) is 13.1 Å². The molecule has 3 nitrogen and oxygen atoms in total. The molecule has 0 bridgehead atoms. The zero-order valence-electron chi connectivity index (χ0n) is 9.26. The Bertz CT molecular complexity index is 463. The Morgan fingerprint density at radius 1 is 1.31 bits per heavy atom. The van der Waals surface area contributed by atoms with Crippen LogP contribution in [0.1, 0.15) is 13.3 Å². The van der Waals surface area contributed by atoms with Crippen molar-refractivity contribution in [2.24, 2.45) is 0 Å². The Morgan fingerprint density at radius 2 is 2.19 bits per heavy atom. The van der Waals surface area contributed by atoms with Crippen LogP contribution in [0.15, 0.2) is 36.5 Å². The summed E-state index contributed by atoms with van der Waals surface area (Å²) in [5, 5.41) is 10.2. The Hall–Kier alpha value is -1.61. The van der Waals surface area contributed by atoms with Gasteiger partial charge in [-0.2, -0.15) is 0 Å². The number of fused-ring (bicyclic) bond motifs is 1. The fourth-order valence-electron chi connectivity index (χ4n) is 1.54. The standard InChI is InChI=1S/C13H15NO2/c1-10(15)7-9-16-13-6-2-5-12-11(13)4-3-8-14-12/h2-6,8,10,15H,7,9H2,1H3. The molecule has 3 heteroatoms. The quantitative estimate of drug-likeness (QED) is 0.855. The maximum absolute atomic E-state index is 9.15. The molecule has 84 valence electrons. The largest absolute Gasteiger partial charge is 0.493 e. The van der Waals surface area contributed by atoms with Crippen molar-refractivity contribution in [2.75, 3.05) is 6.61 Å². The van der Waals surface area contributed by atoms with Gasteiger partial charge in [0.2, 0.25) is 0 Å². The van der Waals surface area contributed by atoms with E-state index in [0.29, 0.717) is 13.0 Å². The summed E-state index contributed by atoms with van der Waals surface area (Å²) in [5.41, 5.74) is 0.928. The van der Waals surface area contributed by atoms with Gasteiger partial charge in [-0.05, 0) is 31.2 Å². The average Bonchev–Trinajstić information content (AvgIpc) is 2.29. The molecule has 0 saturated heterocycles. The van der Waals surface area contributed by atoms with Crippen molar-refractivity contribution in [2.45, 2.75) is 19.4 Å². The van der Waals surface area contributed by atoms with Gasteiger partial charge in [-0.3, -0.25) is 4.98 Å². The van der Waals surface area contributed by atoms with E-state index in [9.17, 15) is 0 Å². The first-order chi connectivity index (χ1) is 7.77. The summed E-state index contributed by atoms with van der Waals surface area (Å²) in [6.45, 7) is 2.28. The predicted molar refractivity (Wildman–Crippen MR) is 63.5 cm³/mol. The van der Waals surface area contributed by atoms with Crippen LogP contribution in [0.5, 0.6) is 5.75 Å². The molecular weight excluding hydrogens is 202 g/mol. The molecule has 1 aromatic heterocycles. The molecule has 1 unspecified atom stereocenters. The number of pyridine rings is 1. The minimum absolute atomic E-state index is 0.326. The summed E-state index contributed by atoms with van der Waals surface area (Å²) < 4.78 is 5.63. The van der Waals surface area contributed by atoms with Crippen molar-refractivity contribution < 1.29 is 9.84 Å². The molecule has 0 fully saturated rings. The minimum atomic E-state index is -0.326. The second-order valence-corrected chi connectivity index (χ2v) is 3.81. The summed E-state index contributed by atoms with van der Waals surface area (Å²) in [4.78, 5) is 4.26. The molecule has 1 atom stereocenters. The Balaban J connectivity index is 2.17. The highest BCUT2D eigenvalue weighted by Gasteiger charge is 2.02. The third kappa shape index (κ3) is 2.49. The van der Waals surface area contributed by atoms with Crippen LogP contribution in [-0.2, 0) is 0 Å². The van der Waals surface area contributed by atoms with Gasteiger partial charge in [0, 0.05) is 18.0 Å². The number of aliphatic hydroxyl groups is 1. The van der Waals surface area contributed by atoms with Gasteiger partial charge in [-0.1, -0.05) is 6.07 Å². The highest BCUT2D eigenvalue weighted by atomic mass is 16.5. The van der Waals surface area contributed by atoms with E-state index in [1.165, 1.54) is 0 Å². The fourth-order valence-corrected chi connectivity index (χ4v) is 1.54. The Morgan fingerprint density at radius 3 is 3.00 bits per heavy atom. The molecule has 2 rings (SSSR count). The lowest BCUT2D eigenvalue weighted by atomic mass is 10.2. The van der Waals surface area contributed by atoms with Crippen LogP contribution in [0.25, 0.3) is 10.9 Å². The zero-order chi connectivity index (χ0) is 11.4. The molecule has 0 aliphatic heterocycles. The third-order valence-electron chi connectivity index (χ3n) is 2.40. The highest BCUT2D eigenvalue weighted by Crippen LogP contribution is 2.23. The SMILES string of the molecule is CC(O)CCOc1cccc2ncccc12. The summed E-state index contributed by atoms with van der Waals surface area (Å²) in [7, 11) is 0. The number of benzene rings is 1. The van der Waals surface area contributed by atoms with Gasteiger partial charge >= 0.3 is 0 Å². The van der Waals surface area contributed by atoms with Gasteiger partial charge in [0.15, 0.2) is 0 Å². The predicted octanol–water partition coefficient (Wildman–Crippen LogP) is 2.38. The van der Waals surface area contributed by atoms with Crippen LogP contribution in [0.2, 0.25) is 0 Å². The van der Waals surface area contributed by atoms with Gasteiger partial charge in [0.1, 0.15) is 5.75 Å². The molecule has 0 aliphatic rings. The Kier molecular flexibility index (Phi) is 3.37. The van der Waals surface area contributed by atoms with Gasteiger partial charge in [-0.15, -0.1) is 0 Å². The van der Waals surface area contributed by atoms with Crippen molar-refractivity contribution in [1.82, 2.24) is 4.98 Å². The summed E-state index contributed by atoms with van der Waals surface area (Å²) >= 11 is 0. The van der Waals surface area contributed by atoms with Gasteiger partial charge in [0.05, 0.1) is 18.2 Å². The first-order valence-corrected chi connectivity index (χ1v) is 5.42. The molecule has 1 aromatic carbocycles. The molecule has 1 heterocycles. The van der Waals surface area contributed by atoms with E-state index in [1.807, 2.05) is 30.3 Å². The van der Waals surface area contributed by atoms with Gasteiger partial charge < -0.3 is 9.84 Å². The molecule has 16 heavy (non-hydrogen) atoms. The summed E-state index contributed by atoms with van der Waals surface area (Å²) in [6, 6.07) is 9.68. The number of hydrogen-bond acceptors (Lipinski definition) is 3. The van der Waals surface area contributed by atoms with Crippen molar-refractivity contribution in [3.63, 3.8) is 0 Å². The van der Waals surface area contributed by atoms with Crippen LogP contribution in [0.4, 0.5) is 0 Å². The maximum atomic E-state index is 9.15. The second kappa shape index (κ2) is 4.94. The fraction of sp³-hybridized carbons (Fsp3) is 0.308. The van der Waals surface area contributed by atoms with E-state index in [2.05, 4.69) is 4.98 Å². The van der Waals surface area contributed by atoms with Crippen molar-refractivity contribution in [3.05, 3.63) is 36.5 Å². The van der Waals surface area contributed by atoms with E-state index in [0.717, 1.165) is 16.7 Å². The Labute approximate surface area is 94.7 Å². The summed E-state index contributed by atoms with van der Waals surface area (Å²) in [5.74, 6) is 0.825. The van der Waals surface area contributed by atoms with E-state index in [-0.39, 0.29) is 6.10 Å². The van der Waals surface area contributed by atoms with Crippen LogP contribution >= 0.6 is 0 Å². The maximum Gasteiger partial charge on any atom is 0.128 e. The topological polar surface area (TPSA) is 42.4 Å². The van der Waals surface area contributed by atoms with Gasteiger partial charge in [-0.25, -0.2) is 0 Å². The smallest absolute Gasteiger partial charge is 0.128 e. The van der Waals surface area contributed by atoms with Crippen LogP contribution in [0.3, 0.4) is 0 Å². The molecule has 2 aromatic rings. The molecule has 0 aliphatic carbocycles. The van der Waals surface area contributed by atoms with Crippen LogP contribution in [-0.4, -0.2) is 22.8 Å². The average molecular weight is 217 g/mol. The van der Waals surface area contributed by atoms with Crippen LogP contribution < -0.4 is 4.74 Å². The highest BCUT2D eigenvalue weighted by molar-refractivity contribution is 5.84. The second-order valence-electron chi connectivity index (χ2n) is 3.81. The lowest BCUT2D eigenvalue weighted by Crippen LogP contribution is -2.07. The number of hydrogen-bond donors (Lipinski definition) is 1. The zero-order valence-corrected chi connectivity index (χ0v) is 9.26. The van der Waals surface area contributed by atoms with Crippen molar-refractivity contribution in [1.29, 1.82) is 0 Å². The number of aromatic nitrogens is 1. The van der Waals surface area contributed by atoms with E-state index >= 15 is 0 Å². The molecule has 0 saturated carbocycles. The van der Waals surface area contributed by atoms with Gasteiger partial charge in [0.25, 0.3) is 0 Å². The molecule has 0 amide bonds. The first-order valence-electron chi connectivity index (χ1n) is 5.42.